The molecule has 2 nitrogen and oxygen atoms in total. The van der Waals surface area contributed by atoms with Crippen LogP contribution in [0.4, 0.5) is 0 Å². The van der Waals surface area contributed by atoms with E-state index >= 15 is 0 Å². The number of Topliss-reactive ketones (excluding diaryl/α,β-unsaturated/α-hetero) is 1. The van der Waals surface area contributed by atoms with Crippen molar-refractivity contribution in [2.75, 3.05) is 0 Å². The predicted molar refractivity (Wildman–Crippen MR) is 64.5 cm³/mol. The van der Waals surface area contributed by atoms with E-state index in [9.17, 15) is 4.79 Å². The van der Waals surface area contributed by atoms with Gasteiger partial charge in [-0.2, -0.15) is 5.26 Å². The highest BCUT2D eigenvalue weighted by Gasteiger charge is 2.20. The van der Waals surface area contributed by atoms with Crippen molar-refractivity contribution in [2.45, 2.75) is 26.7 Å². The lowest BCUT2D eigenvalue weighted by Gasteiger charge is -2.10. The Hall–Kier alpha value is -1.33. The lowest BCUT2D eigenvalue weighted by Crippen LogP contribution is -2.14. The molecule has 0 radical (unpaired) electrons. The first-order valence-corrected chi connectivity index (χ1v) is 5.68. The number of nitriles is 1. The number of ketones is 1. The smallest absolute Gasteiger partial charge is 0.180 e. The zero-order chi connectivity index (χ0) is 12.1. The van der Waals surface area contributed by atoms with Crippen molar-refractivity contribution in [1.82, 2.24) is 0 Å². The maximum absolute atomic E-state index is 12.1. The molecule has 16 heavy (non-hydrogen) atoms. The molecule has 0 fully saturated rings. The van der Waals surface area contributed by atoms with E-state index in [0.29, 0.717) is 17.0 Å². The number of carbonyl (C=O) groups excluding carboxylic acids is 1. The highest BCUT2D eigenvalue weighted by atomic mass is 35.5. The Kier molecular flexibility index (Phi) is 4.52. The number of hydrogen-bond donors (Lipinski definition) is 0. The van der Waals surface area contributed by atoms with Gasteiger partial charge in [-0.1, -0.05) is 37.1 Å². The fourth-order valence-electron chi connectivity index (χ4n) is 1.61. The van der Waals surface area contributed by atoms with Crippen molar-refractivity contribution in [3.05, 3.63) is 34.3 Å². The molecule has 0 aromatic heterocycles. The SMILES string of the molecule is CCCC(C#N)C(=O)c1cccc(Cl)c1C. The summed E-state index contributed by atoms with van der Waals surface area (Å²) in [7, 11) is 0. The number of benzene rings is 1. The molecule has 0 saturated heterocycles. The fraction of sp³-hybridized carbons (Fsp3) is 0.385. The van der Waals surface area contributed by atoms with Gasteiger partial charge in [-0.25, -0.2) is 0 Å². The van der Waals surface area contributed by atoms with Crippen LogP contribution in [0.1, 0.15) is 35.7 Å². The van der Waals surface area contributed by atoms with Gasteiger partial charge >= 0.3 is 0 Å². The van der Waals surface area contributed by atoms with Crippen molar-refractivity contribution in [3.8, 4) is 6.07 Å². The monoisotopic (exact) mass is 235 g/mol. The second-order valence-corrected chi connectivity index (χ2v) is 4.15. The Morgan fingerprint density at radius 2 is 2.25 bits per heavy atom. The molecule has 1 atom stereocenters. The number of rotatable bonds is 4. The third-order valence-electron chi connectivity index (χ3n) is 2.58. The van der Waals surface area contributed by atoms with Crippen molar-refractivity contribution in [1.29, 1.82) is 5.26 Å². The molecule has 0 aliphatic heterocycles. The maximum atomic E-state index is 12.1. The second-order valence-electron chi connectivity index (χ2n) is 3.75. The molecule has 0 bridgehead atoms. The van der Waals surface area contributed by atoms with Crippen molar-refractivity contribution < 1.29 is 4.79 Å². The summed E-state index contributed by atoms with van der Waals surface area (Å²) in [6, 6.07) is 7.26. The number of nitrogens with zero attached hydrogens (tertiary/aromatic N) is 1. The van der Waals surface area contributed by atoms with Gasteiger partial charge in [0.25, 0.3) is 0 Å². The number of hydrogen-bond acceptors (Lipinski definition) is 2. The van der Waals surface area contributed by atoms with Crippen LogP contribution in [-0.4, -0.2) is 5.78 Å². The van der Waals surface area contributed by atoms with E-state index < -0.39 is 5.92 Å². The summed E-state index contributed by atoms with van der Waals surface area (Å²) in [6.07, 6.45) is 1.42. The third-order valence-corrected chi connectivity index (χ3v) is 2.99. The highest BCUT2D eigenvalue weighted by Crippen LogP contribution is 2.22. The molecule has 0 amide bonds. The molecule has 0 saturated carbocycles. The molecule has 1 aromatic carbocycles. The minimum absolute atomic E-state index is 0.121. The van der Waals surface area contributed by atoms with Crippen LogP contribution in [0, 0.1) is 24.2 Å². The summed E-state index contributed by atoms with van der Waals surface area (Å²) < 4.78 is 0. The molecule has 0 aliphatic rings. The van der Waals surface area contributed by atoms with Crippen LogP contribution in [0.5, 0.6) is 0 Å². The van der Waals surface area contributed by atoms with Gasteiger partial charge in [-0.05, 0) is 25.0 Å². The number of carbonyl (C=O) groups is 1. The summed E-state index contributed by atoms with van der Waals surface area (Å²) in [5.41, 5.74) is 1.32. The molecular weight excluding hydrogens is 222 g/mol. The minimum Gasteiger partial charge on any atom is -0.293 e. The van der Waals surface area contributed by atoms with E-state index in [1.165, 1.54) is 0 Å². The molecule has 0 N–H and O–H groups in total. The summed E-state index contributed by atoms with van der Waals surface area (Å²) in [5, 5.41) is 9.51. The molecular formula is C13H14ClNO. The maximum Gasteiger partial charge on any atom is 0.180 e. The fourth-order valence-corrected chi connectivity index (χ4v) is 1.78. The van der Waals surface area contributed by atoms with Crippen LogP contribution in [0.25, 0.3) is 0 Å². The zero-order valence-electron chi connectivity index (χ0n) is 9.46. The van der Waals surface area contributed by atoms with Crippen molar-refractivity contribution >= 4 is 17.4 Å². The Bertz CT molecular complexity index is 434. The zero-order valence-corrected chi connectivity index (χ0v) is 10.2. The minimum atomic E-state index is -0.554. The Balaban J connectivity index is 3.05. The van der Waals surface area contributed by atoms with Crippen LogP contribution in [0.3, 0.4) is 0 Å². The van der Waals surface area contributed by atoms with Crippen LogP contribution in [-0.2, 0) is 0 Å². The highest BCUT2D eigenvalue weighted by molar-refractivity contribution is 6.31. The van der Waals surface area contributed by atoms with Gasteiger partial charge < -0.3 is 0 Å². The van der Waals surface area contributed by atoms with Gasteiger partial charge in [0, 0.05) is 10.6 Å². The summed E-state index contributed by atoms with van der Waals surface area (Å²) >= 11 is 5.95. The first-order valence-electron chi connectivity index (χ1n) is 5.30. The quantitative estimate of drug-likeness (QED) is 0.746. The molecule has 0 heterocycles. The van der Waals surface area contributed by atoms with Crippen LogP contribution in [0.2, 0.25) is 5.02 Å². The van der Waals surface area contributed by atoms with E-state index in [0.717, 1.165) is 12.0 Å². The molecule has 1 aromatic rings. The summed E-state index contributed by atoms with van der Waals surface area (Å²) in [6.45, 7) is 3.76. The average Bonchev–Trinajstić information content (AvgIpc) is 2.29. The summed E-state index contributed by atoms with van der Waals surface area (Å²) in [5.74, 6) is -0.675. The van der Waals surface area contributed by atoms with Crippen LogP contribution < -0.4 is 0 Å². The number of halogens is 1. The van der Waals surface area contributed by atoms with E-state index in [-0.39, 0.29) is 5.78 Å². The summed E-state index contributed by atoms with van der Waals surface area (Å²) in [4.78, 5) is 12.1. The average molecular weight is 236 g/mol. The van der Waals surface area contributed by atoms with Crippen LogP contribution >= 0.6 is 11.6 Å². The van der Waals surface area contributed by atoms with Gasteiger partial charge in [0.15, 0.2) is 5.78 Å². The first-order chi connectivity index (χ1) is 7.61. The molecule has 1 rings (SSSR count). The molecule has 3 heteroatoms. The van der Waals surface area contributed by atoms with E-state index in [2.05, 4.69) is 6.07 Å². The molecule has 1 unspecified atom stereocenters. The first kappa shape index (κ1) is 12.7. The molecule has 0 spiro atoms. The lowest BCUT2D eigenvalue weighted by molar-refractivity contribution is 0.0943. The van der Waals surface area contributed by atoms with Gasteiger partial charge in [0.2, 0.25) is 0 Å². The van der Waals surface area contributed by atoms with Crippen LogP contribution in [0.15, 0.2) is 18.2 Å². The van der Waals surface area contributed by atoms with Crippen molar-refractivity contribution in [2.24, 2.45) is 5.92 Å². The topological polar surface area (TPSA) is 40.9 Å². The molecule has 84 valence electrons. The van der Waals surface area contributed by atoms with Gasteiger partial charge in [-0.15, -0.1) is 0 Å². The Morgan fingerprint density at radius 3 is 2.81 bits per heavy atom. The predicted octanol–water partition coefficient (Wildman–Crippen LogP) is 3.77. The van der Waals surface area contributed by atoms with Gasteiger partial charge in [-0.3, -0.25) is 4.79 Å². The van der Waals surface area contributed by atoms with E-state index in [1.807, 2.05) is 6.92 Å². The second kappa shape index (κ2) is 5.67. The lowest BCUT2D eigenvalue weighted by atomic mass is 9.92. The van der Waals surface area contributed by atoms with Gasteiger partial charge in [0.1, 0.15) is 5.92 Å². The normalized spacial score (nSPS) is 11.9. The largest absolute Gasteiger partial charge is 0.293 e. The molecule has 0 aliphatic carbocycles. The Morgan fingerprint density at radius 1 is 1.56 bits per heavy atom. The third kappa shape index (κ3) is 2.62. The van der Waals surface area contributed by atoms with Gasteiger partial charge in [0.05, 0.1) is 6.07 Å². The Labute approximate surface area is 101 Å². The standard InChI is InChI=1S/C13H14ClNO/c1-3-5-10(8-15)13(16)11-6-4-7-12(14)9(11)2/h4,6-7,10H,3,5H2,1-2H3. The van der Waals surface area contributed by atoms with E-state index in [4.69, 9.17) is 16.9 Å². The van der Waals surface area contributed by atoms with Crippen molar-refractivity contribution in [3.63, 3.8) is 0 Å². The van der Waals surface area contributed by atoms with E-state index in [1.54, 1.807) is 25.1 Å².